The van der Waals surface area contributed by atoms with Crippen LogP contribution in [0.3, 0.4) is 0 Å². The number of rotatable bonds is 2. The van der Waals surface area contributed by atoms with Crippen molar-refractivity contribution < 1.29 is 8.81 Å². The van der Waals surface area contributed by atoms with E-state index in [4.69, 9.17) is 10.2 Å². The van der Waals surface area contributed by atoms with Gasteiger partial charge in [0, 0.05) is 12.6 Å². The van der Waals surface area contributed by atoms with Crippen molar-refractivity contribution in [3.63, 3.8) is 0 Å². The van der Waals surface area contributed by atoms with Crippen molar-refractivity contribution in [2.24, 2.45) is 5.73 Å². The van der Waals surface area contributed by atoms with Gasteiger partial charge < -0.3 is 10.2 Å². The maximum Gasteiger partial charge on any atom is 0.239 e. The molecule has 0 amide bonds. The summed E-state index contributed by atoms with van der Waals surface area (Å²) in [6.07, 6.45) is 0. The van der Waals surface area contributed by atoms with E-state index in [9.17, 15) is 4.39 Å². The normalized spacial score (nSPS) is 11.3. The molecule has 0 saturated heterocycles. The van der Waals surface area contributed by atoms with Gasteiger partial charge in [0.1, 0.15) is 21.2 Å². The van der Waals surface area contributed by atoms with Crippen molar-refractivity contribution in [3.05, 3.63) is 34.7 Å². The van der Waals surface area contributed by atoms with Crippen LogP contribution in [0.2, 0.25) is 0 Å². The van der Waals surface area contributed by atoms with Gasteiger partial charge in [-0.25, -0.2) is 14.4 Å². The second kappa shape index (κ2) is 4.15. The Morgan fingerprint density at radius 2 is 2.22 bits per heavy atom. The molecule has 18 heavy (non-hydrogen) atoms. The average Bonchev–Trinajstić information content (AvgIpc) is 2.91. The molecule has 0 bridgehead atoms. The van der Waals surface area contributed by atoms with E-state index in [1.165, 1.54) is 23.5 Å². The van der Waals surface area contributed by atoms with Crippen LogP contribution in [0.15, 0.2) is 22.6 Å². The van der Waals surface area contributed by atoms with Crippen molar-refractivity contribution in [1.82, 2.24) is 9.97 Å². The molecule has 2 heterocycles. The van der Waals surface area contributed by atoms with E-state index in [1.807, 2.05) is 6.92 Å². The summed E-state index contributed by atoms with van der Waals surface area (Å²) in [5.41, 5.74) is 7.45. The molecule has 6 heteroatoms. The lowest BCUT2D eigenvalue weighted by molar-refractivity contribution is 0.614. The molecule has 0 aliphatic rings. The quantitative estimate of drug-likeness (QED) is 0.772. The highest BCUT2D eigenvalue weighted by Gasteiger charge is 2.15. The molecule has 92 valence electrons. The van der Waals surface area contributed by atoms with Crippen molar-refractivity contribution in [3.8, 4) is 10.8 Å². The predicted molar refractivity (Wildman–Crippen MR) is 67.7 cm³/mol. The predicted octanol–water partition coefficient (Wildman–Crippen LogP) is 2.86. The number of aromatic nitrogens is 2. The molecule has 2 N–H and O–H groups in total. The van der Waals surface area contributed by atoms with Gasteiger partial charge in [-0.2, -0.15) is 0 Å². The number of nitrogens with zero attached hydrogens (tertiary/aromatic N) is 2. The lowest BCUT2D eigenvalue weighted by atomic mass is 10.3. The number of oxazole rings is 1. The molecule has 2 aromatic heterocycles. The number of fused-ring (bicyclic) bond motifs is 1. The number of halogens is 1. The van der Waals surface area contributed by atoms with Gasteiger partial charge in [0.15, 0.2) is 5.58 Å². The minimum atomic E-state index is -0.328. The third-order valence-electron chi connectivity index (χ3n) is 2.56. The zero-order valence-electron chi connectivity index (χ0n) is 9.61. The Labute approximate surface area is 106 Å². The first kappa shape index (κ1) is 11.3. The fraction of sp³-hybridized carbons (Fsp3) is 0.167. The highest BCUT2D eigenvalue weighted by atomic mass is 32.1. The van der Waals surface area contributed by atoms with Crippen LogP contribution < -0.4 is 5.73 Å². The van der Waals surface area contributed by atoms with E-state index < -0.39 is 0 Å². The molecule has 0 radical (unpaired) electrons. The molecule has 0 atom stereocenters. The Balaban J connectivity index is 2.15. The standard InChI is InChI=1S/C12H10FN3OS/c1-6-11(18-10(5-14)15-6)12-16-8-4-7(13)2-3-9(8)17-12/h2-4H,5,14H2,1H3. The minimum Gasteiger partial charge on any atom is -0.435 e. The van der Waals surface area contributed by atoms with Crippen LogP contribution in [0.25, 0.3) is 21.9 Å². The molecule has 0 aliphatic heterocycles. The fourth-order valence-corrected chi connectivity index (χ4v) is 2.61. The van der Waals surface area contributed by atoms with Crippen molar-refractivity contribution in [2.75, 3.05) is 0 Å². The van der Waals surface area contributed by atoms with Gasteiger partial charge in [0.25, 0.3) is 0 Å². The molecule has 0 aliphatic carbocycles. The van der Waals surface area contributed by atoms with E-state index in [0.29, 0.717) is 23.5 Å². The Morgan fingerprint density at radius 3 is 2.94 bits per heavy atom. The zero-order chi connectivity index (χ0) is 12.7. The maximum absolute atomic E-state index is 13.1. The highest BCUT2D eigenvalue weighted by molar-refractivity contribution is 7.15. The Kier molecular flexibility index (Phi) is 2.61. The Morgan fingerprint density at radius 1 is 1.39 bits per heavy atom. The summed E-state index contributed by atoms with van der Waals surface area (Å²) in [6.45, 7) is 2.26. The largest absolute Gasteiger partial charge is 0.435 e. The average molecular weight is 263 g/mol. The molecule has 0 fully saturated rings. The Bertz CT molecular complexity index is 719. The van der Waals surface area contributed by atoms with Gasteiger partial charge in [-0.1, -0.05) is 0 Å². The number of thiazole rings is 1. The van der Waals surface area contributed by atoms with Crippen LogP contribution >= 0.6 is 11.3 Å². The van der Waals surface area contributed by atoms with Crippen LogP contribution in [0.4, 0.5) is 4.39 Å². The van der Waals surface area contributed by atoms with E-state index in [-0.39, 0.29) is 5.82 Å². The molecular formula is C12H10FN3OS. The fourth-order valence-electron chi connectivity index (χ4n) is 1.74. The molecule has 1 aromatic carbocycles. The topological polar surface area (TPSA) is 64.9 Å². The molecule has 0 unspecified atom stereocenters. The Hall–Kier alpha value is -1.79. The number of hydrogen-bond acceptors (Lipinski definition) is 5. The van der Waals surface area contributed by atoms with Crippen molar-refractivity contribution >= 4 is 22.4 Å². The molecule has 4 nitrogen and oxygen atoms in total. The van der Waals surface area contributed by atoms with Crippen LogP contribution in [-0.2, 0) is 6.54 Å². The van der Waals surface area contributed by atoms with Gasteiger partial charge in [-0.15, -0.1) is 11.3 Å². The van der Waals surface area contributed by atoms with E-state index in [2.05, 4.69) is 9.97 Å². The van der Waals surface area contributed by atoms with Gasteiger partial charge in [-0.3, -0.25) is 0 Å². The third kappa shape index (κ3) is 1.79. The smallest absolute Gasteiger partial charge is 0.239 e. The van der Waals surface area contributed by atoms with Gasteiger partial charge >= 0.3 is 0 Å². The lowest BCUT2D eigenvalue weighted by Gasteiger charge is -1.88. The summed E-state index contributed by atoms with van der Waals surface area (Å²) < 4.78 is 18.7. The van der Waals surface area contributed by atoms with E-state index in [1.54, 1.807) is 6.07 Å². The second-order valence-electron chi connectivity index (χ2n) is 3.86. The number of hydrogen-bond donors (Lipinski definition) is 1. The summed E-state index contributed by atoms with van der Waals surface area (Å²) in [5, 5.41) is 0.830. The summed E-state index contributed by atoms with van der Waals surface area (Å²) in [6, 6.07) is 4.27. The van der Waals surface area contributed by atoms with Crippen LogP contribution in [0.5, 0.6) is 0 Å². The van der Waals surface area contributed by atoms with Gasteiger partial charge in [0.05, 0.1) is 5.69 Å². The van der Waals surface area contributed by atoms with Crippen molar-refractivity contribution in [2.45, 2.75) is 13.5 Å². The van der Waals surface area contributed by atoms with E-state index in [0.717, 1.165) is 15.6 Å². The second-order valence-corrected chi connectivity index (χ2v) is 4.94. The highest BCUT2D eigenvalue weighted by Crippen LogP contribution is 2.31. The zero-order valence-corrected chi connectivity index (χ0v) is 10.4. The number of aryl methyl sites for hydroxylation is 1. The molecule has 3 rings (SSSR count). The SMILES string of the molecule is Cc1nc(CN)sc1-c1nc2cc(F)ccc2o1. The summed E-state index contributed by atoms with van der Waals surface area (Å²) >= 11 is 1.45. The third-order valence-corrected chi connectivity index (χ3v) is 3.73. The number of nitrogens with two attached hydrogens (primary N) is 1. The van der Waals surface area contributed by atoms with Crippen LogP contribution in [0.1, 0.15) is 10.7 Å². The molecule has 0 spiro atoms. The molecule has 3 aromatic rings. The first-order valence-corrected chi connectivity index (χ1v) is 6.22. The summed E-state index contributed by atoms with van der Waals surface area (Å²) in [5.74, 6) is 0.135. The summed E-state index contributed by atoms with van der Waals surface area (Å²) in [4.78, 5) is 9.43. The lowest BCUT2D eigenvalue weighted by Crippen LogP contribution is -1.94. The maximum atomic E-state index is 13.1. The van der Waals surface area contributed by atoms with Crippen LogP contribution in [-0.4, -0.2) is 9.97 Å². The molecule has 0 saturated carbocycles. The van der Waals surface area contributed by atoms with Crippen LogP contribution in [0, 0.1) is 12.7 Å². The van der Waals surface area contributed by atoms with Gasteiger partial charge in [-0.05, 0) is 19.1 Å². The first-order chi connectivity index (χ1) is 8.67. The number of benzene rings is 1. The molecular weight excluding hydrogens is 253 g/mol. The monoisotopic (exact) mass is 263 g/mol. The van der Waals surface area contributed by atoms with Gasteiger partial charge in [0.2, 0.25) is 5.89 Å². The van der Waals surface area contributed by atoms with Crippen molar-refractivity contribution in [1.29, 1.82) is 0 Å². The minimum absolute atomic E-state index is 0.328. The van der Waals surface area contributed by atoms with E-state index >= 15 is 0 Å². The first-order valence-electron chi connectivity index (χ1n) is 5.40. The summed E-state index contributed by atoms with van der Waals surface area (Å²) in [7, 11) is 0.